The summed E-state index contributed by atoms with van der Waals surface area (Å²) >= 11 is 3.64. The van der Waals surface area contributed by atoms with Crippen LogP contribution in [0.25, 0.3) is 0 Å². The van der Waals surface area contributed by atoms with Crippen LogP contribution in [0.15, 0.2) is 16.6 Å². The van der Waals surface area contributed by atoms with E-state index < -0.39 is 0 Å². The minimum Gasteiger partial charge on any atom is -0.496 e. The van der Waals surface area contributed by atoms with Crippen molar-refractivity contribution in [2.45, 2.75) is 19.3 Å². The lowest BCUT2D eigenvalue weighted by molar-refractivity contribution is 0.410. The third-order valence-corrected chi connectivity index (χ3v) is 3.70. The van der Waals surface area contributed by atoms with Crippen LogP contribution in [0.2, 0.25) is 0 Å². The lowest BCUT2D eigenvalue weighted by Crippen LogP contribution is -2.08. The molecule has 3 heteroatoms. The molecule has 1 atom stereocenters. The van der Waals surface area contributed by atoms with Gasteiger partial charge in [0.1, 0.15) is 5.75 Å². The molecule has 1 aliphatic rings. The molecule has 1 saturated heterocycles. The van der Waals surface area contributed by atoms with Crippen LogP contribution in [0.3, 0.4) is 0 Å². The number of aryl methyl sites for hydroxylation is 1. The second-order valence-corrected chi connectivity index (χ2v) is 4.89. The first-order chi connectivity index (χ1) is 7.22. The Labute approximate surface area is 99.1 Å². The Morgan fingerprint density at radius 3 is 2.87 bits per heavy atom. The van der Waals surface area contributed by atoms with Crippen molar-refractivity contribution < 1.29 is 4.74 Å². The van der Waals surface area contributed by atoms with Crippen molar-refractivity contribution in [3.05, 3.63) is 27.7 Å². The summed E-state index contributed by atoms with van der Waals surface area (Å²) in [6.45, 7) is 4.26. The first kappa shape index (κ1) is 11.0. The van der Waals surface area contributed by atoms with E-state index in [2.05, 4.69) is 40.3 Å². The summed E-state index contributed by atoms with van der Waals surface area (Å²) in [7, 11) is 1.73. The molecule has 1 aromatic rings. The maximum absolute atomic E-state index is 5.36. The number of ether oxygens (including phenoxy) is 1. The smallest absolute Gasteiger partial charge is 0.122 e. The minimum absolute atomic E-state index is 0.619. The van der Waals surface area contributed by atoms with Gasteiger partial charge in [-0.1, -0.05) is 15.9 Å². The number of nitrogens with one attached hydrogen (secondary N) is 1. The molecule has 1 aliphatic heterocycles. The van der Waals surface area contributed by atoms with Gasteiger partial charge in [0, 0.05) is 11.0 Å². The average molecular weight is 270 g/mol. The van der Waals surface area contributed by atoms with E-state index in [1.807, 2.05) is 0 Å². The molecule has 0 amide bonds. The Morgan fingerprint density at radius 2 is 2.27 bits per heavy atom. The van der Waals surface area contributed by atoms with E-state index in [-0.39, 0.29) is 0 Å². The van der Waals surface area contributed by atoms with Crippen molar-refractivity contribution in [2.75, 3.05) is 20.2 Å². The van der Waals surface area contributed by atoms with Crippen molar-refractivity contribution >= 4 is 15.9 Å². The summed E-state index contributed by atoms with van der Waals surface area (Å²) in [5, 5.41) is 3.39. The third kappa shape index (κ3) is 2.18. The zero-order chi connectivity index (χ0) is 10.8. The number of rotatable bonds is 2. The highest BCUT2D eigenvalue weighted by Crippen LogP contribution is 2.34. The van der Waals surface area contributed by atoms with Crippen LogP contribution in [-0.2, 0) is 0 Å². The molecular weight excluding hydrogens is 254 g/mol. The highest BCUT2D eigenvalue weighted by atomic mass is 79.9. The molecule has 2 rings (SSSR count). The summed E-state index contributed by atoms with van der Waals surface area (Å²) < 4.78 is 6.56. The summed E-state index contributed by atoms with van der Waals surface area (Å²) in [6.07, 6.45) is 1.21. The monoisotopic (exact) mass is 269 g/mol. The molecular formula is C12H16BrNO. The van der Waals surface area contributed by atoms with Crippen molar-refractivity contribution in [1.29, 1.82) is 0 Å². The van der Waals surface area contributed by atoms with Crippen molar-refractivity contribution in [3.63, 3.8) is 0 Å². The summed E-state index contributed by atoms with van der Waals surface area (Å²) in [6, 6.07) is 4.31. The third-order valence-electron chi connectivity index (χ3n) is 3.01. The van der Waals surface area contributed by atoms with Gasteiger partial charge >= 0.3 is 0 Å². The molecule has 1 aromatic carbocycles. The van der Waals surface area contributed by atoms with Gasteiger partial charge in [-0.05, 0) is 49.1 Å². The van der Waals surface area contributed by atoms with Crippen LogP contribution >= 0.6 is 15.9 Å². The first-order valence-corrected chi connectivity index (χ1v) is 6.06. The molecule has 1 heterocycles. The zero-order valence-electron chi connectivity index (χ0n) is 9.14. The number of benzene rings is 1. The molecule has 15 heavy (non-hydrogen) atoms. The van der Waals surface area contributed by atoms with Crippen molar-refractivity contribution in [2.24, 2.45) is 0 Å². The second-order valence-electron chi connectivity index (χ2n) is 4.03. The lowest BCUT2D eigenvalue weighted by atomic mass is 9.97. The number of methoxy groups -OCH3 is 1. The molecule has 82 valence electrons. The number of hydrogen-bond donors (Lipinski definition) is 1. The van der Waals surface area contributed by atoms with Gasteiger partial charge in [-0.15, -0.1) is 0 Å². The van der Waals surface area contributed by atoms with Gasteiger partial charge in [0.15, 0.2) is 0 Å². The van der Waals surface area contributed by atoms with Crippen LogP contribution in [0.1, 0.15) is 23.5 Å². The lowest BCUT2D eigenvalue weighted by Gasteiger charge is -2.14. The highest BCUT2D eigenvalue weighted by Gasteiger charge is 2.20. The molecule has 1 N–H and O–H groups in total. The maximum atomic E-state index is 5.36. The largest absolute Gasteiger partial charge is 0.496 e. The number of hydrogen-bond acceptors (Lipinski definition) is 2. The van der Waals surface area contributed by atoms with Crippen LogP contribution in [0, 0.1) is 6.92 Å². The Morgan fingerprint density at radius 1 is 1.47 bits per heavy atom. The van der Waals surface area contributed by atoms with E-state index in [9.17, 15) is 0 Å². The predicted molar refractivity (Wildman–Crippen MR) is 65.7 cm³/mol. The summed E-state index contributed by atoms with van der Waals surface area (Å²) in [5.41, 5.74) is 2.54. The molecule has 2 nitrogen and oxygen atoms in total. The van der Waals surface area contributed by atoms with E-state index in [0.717, 1.165) is 18.8 Å². The van der Waals surface area contributed by atoms with Gasteiger partial charge in [0.05, 0.1) is 7.11 Å². The molecule has 1 fully saturated rings. The van der Waals surface area contributed by atoms with Gasteiger partial charge in [0.2, 0.25) is 0 Å². The Bertz CT molecular complexity index is 359. The van der Waals surface area contributed by atoms with Crippen LogP contribution in [-0.4, -0.2) is 20.2 Å². The maximum Gasteiger partial charge on any atom is 0.122 e. The topological polar surface area (TPSA) is 21.3 Å². The second kappa shape index (κ2) is 4.54. The fourth-order valence-electron chi connectivity index (χ4n) is 2.12. The molecule has 0 aliphatic carbocycles. The average Bonchev–Trinajstić information content (AvgIpc) is 2.71. The van der Waals surface area contributed by atoms with Crippen LogP contribution < -0.4 is 10.1 Å². The summed E-state index contributed by atoms with van der Waals surface area (Å²) in [4.78, 5) is 0. The normalized spacial score (nSPS) is 20.6. The molecule has 0 aromatic heterocycles. The van der Waals surface area contributed by atoms with Crippen molar-refractivity contribution in [1.82, 2.24) is 5.32 Å². The van der Waals surface area contributed by atoms with E-state index in [1.54, 1.807) is 7.11 Å². The quantitative estimate of drug-likeness (QED) is 0.892. The van der Waals surface area contributed by atoms with E-state index in [0.29, 0.717) is 5.92 Å². The van der Waals surface area contributed by atoms with Gasteiger partial charge < -0.3 is 10.1 Å². The van der Waals surface area contributed by atoms with Gasteiger partial charge in [-0.3, -0.25) is 0 Å². The standard InChI is InChI=1S/C12H16BrNO/c1-8-5-11(13)10(6-12(8)15-2)9-3-4-14-7-9/h5-6,9,14H,3-4,7H2,1-2H3. The Kier molecular flexibility index (Phi) is 3.32. The SMILES string of the molecule is COc1cc(C2CCNC2)c(Br)cc1C. The van der Waals surface area contributed by atoms with Gasteiger partial charge in [-0.2, -0.15) is 0 Å². The Hall–Kier alpha value is -0.540. The number of halogens is 1. The summed E-state index contributed by atoms with van der Waals surface area (Å²) in [5.74, 6) is 1.61. The molecule has 0 spiro atoms. The first-order valence-electron chi connectivity index (χ1n) is 5.27. The van der Waals surface area contributed by atoms with E-state index in [1.165, 1.54) is 22.0 Å². The zero-order valence-corrected chi connectivity index (χ0v) is 10.7. The molecule has 0 saturated carbocycles. The van der Waals surface area contributed by atoms with E-state index >= 15 is 0 Å². The highest BCUT2D eigenvalue weighted by molar-refractivity contribution is 9.10. The van der Waals surface area contributed by atoms with Gasteiger partial charge in [-0.25, -0.2) is 0 Å². The van der Waals surface area contributed by atoms with Crippen LogP contribution in [0.4, 0.5) is 0 Å². The van der Waals surface area contributed by atoms with Gasteiger partial charge in [0.25, 0.3) is 0 Å². The fourth-order valence-corrected chi connectivity index (χ4v) is 2.90. The van der Waals surface area contributed by atoms with Crippen LogP contribution in [0.5, 0.6) is 5.75 Å². The minimum atomic E-state index is 0.619. The van der Waals surface area contributed by atoms with Crippen molar-refractivity contribution in [3.8, 4) is 5.75 Å². The molecule has 1 unspecified atom stereocenters. The van der Waals surface area contributed by atoms with E-state index in [4.69, 9.17) is 4.74 Å². The predicted octanol–water partition coefficient (Wildman–Crippen LogP) is 2.84. The molecule has 0 bridgehead atoms. The fraction of sp³-hybridized carbons (Fsp3) is 0.500. The Balaban J connectivity index is 2.37. The molecule has 0 radical (unpaired) electrons.